The van der Waals surface area contributed by atoms with Gasteiger partial charge in [0.05, 0.1) is 19.1 Å². The summed E-state index contributed by atoms with van der Waals surface area (Å²) in [7, 11) is 1.47. The number of methoxy groups -OCH3 is 1. The number of hydrogen-bond donors (Lipinski definition) is 3. The molecule has 4 nitrogen and oxygen atoms in total. The van der Waals surface area contributed by atoms with Crippen molar-refractivity contribution in [3.8, 4) is 5.75 Å². The molecule has 0 spiro atoms. The SMILES string of the molecule is COc1cc(N)ccc1C(O)C(O)CCl. The predicted molar refractivity (Wildman–Crippen MR) is 59.1 cm³/mol. The van der Waals surface area contributed by atoms with Gasteiger partial charge in [0.1, 0.15) is 11.9 Å². The van der Waals surface area contributed by atoms with Crippen molar-refractivity contribution in [2.45, 2.75) is 12.2 Å². The van der Waals surface area contributed by atoms with Gasteiger partial charge < -0.3 is 20.7 Å². The van der Waals surface area contributed by atoms with E-state index in [4.69, 9.17) is 22.1 Å². The minimum Gasteiger partial charge on any atom is -0.496 e. The van der Waals surface area contributed by atoms with Crippen molar-refractivity contribution in [1.82, 2.24) is 0 Å². The fourth-order valence-corrected chi connectivity index (χ4v) is 1.43. The third-order valence-corrected chi connectivity index (χ3v) is 2.41. The molecule has 0 aliphatic rings. The molecule has 2 atom stereocenters. The zero-order valence-electron chi connectivity index (χ0n) is 8.35. The van der Waals surface area contributed by atoms with E-state index in [1.165, 1.54) is 7.11 Å². The average molecular weight is 232 g/mol. The summed E-state index contributed by atoms with van der Waals surface area (Å²) in [5, 5.41) is 19.1. The second-order valence-electron chi connectivity index (χ2n) is 3.17. The highest BCUT2D eigenvalue weighted by atomic mass is 35.5. The summed E-state index contributed by atoms with van der Waals surface area (Å²) in [4.78, 5) is 0. The highest BCUT2D eigenvalue weighted by molar-refractivity contribution is 6.18. The van der Waals surface area contributed by atoms with E-state index in [2.05, 4.69) is 0 Å². The Morgan fingerprint density at radius 1 is 1.47 bits per heavy atom. The molecule has 1 aromatic carbocycles. The molecule has 5 heteroatoms. The van der Waals surface area contributed by atoms with Crippen LogP contribution < -0.4 is 10.5 Å². The van der Waals surface area contributed by atoms with Crippen LogP contribution in [0.5, 0.6) is 5.75 Å². The molecule has 0 heterocycles. The first-order valence-corrected chi connectivity index (χ1v) is 4.99. The lowest BCUT2D eigenvalue weighted by molar-refractivity contribution is 0.0312. The van der Waals surface area contributed by atoms with Crippen LogP contribution in [0, 0.1) is 0 Å². The van der Waals surface area contributed by atoms with Crippen LogP contribution in [0.2, 0.25) is 0 Å². The number of halogens is 1. The molecule has 0 saturated heterocycles. The number of nitrogens with two attached hydrogens (primary N) is 1. The van der Waals surface area contributed by atoms with E-state index in [0.717, 1.165) is 0 Å². The lowest BCUT2D eigenvalue weighted by Crippen LogP contribution is -2.20. The van der Waals surface area contributed by atoms with E-state index in [1.807, 2.05) is 0 Å². The van der Waals surface area contributed by atoms with Crippen molar-refractivity contribution in [3.63, 3.8) is 0 Å². The number of alkyl halides is 1. The Morgan fingerprint density at radius 3 is 2.67 bits per heavy atom. The maximum absolute atomic E-state index is 9.74. The molecule has 1 rings (SSSR count). The van der Waals surface area contributed by atoms with E-state index in [0.29, 0.717) is 17.0 Å². The van der Waals surface area contributed by atoms with Crippen LogP contribution in [-0.2, 0) is 0 Å². The summed E-state index contributed by atoms with van der Waals surface area (Å²) in [5.74, 6) is 0.390. The summed E-state index contributed by atoms with van der Waals surface area (Å²) in [6.07, 6.45) is -2.10. The van der Waals surface area contributed by atoms with Crippen molar-refractivity contribution in [3.05, 3.63) is 23.8 Å². The summed E-state index contributed by atoms with van der Waals surface area (Å²) < 4.78 is 5.05. The number of benzene rings is 1. The average Bonchev–Trinajstić information content (AvgIpc) is 2.26. The number of rotatable bonds is 4. The first-order chi connectivity index (χ1) is 7.10. The molecule has 0 radical (unpaired) electrons. The van der Waals surface area contributed by atoms with Crippen molar-refractivity contribution >= 4 is 17.3 Å². The summed E-state index contributed by atoms with van der Waals surface area (Å²) in [6.45, 7) is 0. The molecule has 84 valence electrons. The normalized spacial score (nSPS) is 14.7. The number of aliphatic hydroxyl groups is 2. The lowest BCUT2D eigenvalue weighted by atomic mass is 10.0. The molecule has 1 aromatic rings. The number of nitrogen functional groups attached to an aromatic ring is 1. The molecule has 0 aliphatic heterocycles. The number of anilines is 1. The Labute approximate surface area is 93.2 Å². The smallest absolute Gasteiger partial charge is 0.126 e. The van der Waals surface area contributed by atoms with Gasteiger partial charge in [-0.1, -0.05) is 6.07 Å². The monoisotopic (exact) mass is 231 g/mol. The van der Waals surface area contributed by atoms with Gasteiger partial charge >= 0.3 is 0 Å². The Bertz CT molecular complexity index is 332. The van der Waals surface area contributed by atoms with Crippen LogP contribution >= 0.6 is 11.6 Å². The zero-order chi connectivity index (χ0) is 11.4. The standard InChI is InChI=1S/C10H14ClNO3/c1-15-9-4-6(12)2-3-7(9)10(14)8(13)5-11/h2-4,8,10,13-14H,5,12H2,1H3. The summed E-state index contributed by atoms with van der Waals surface area (Å²) in [5.41, 5.74) is 6.56. The van der Waals surface area contributed by atoms with E-state index in [9.17, 15) is 10.2 Å². The first kappa shape index (κ1) is 12.1. The maximum atomic E-state index is 9.74. The number of ether oxygens (including phenoxy) is 1. The molecule has 0 aliphatic carbocycles. The third-order valence-electron chi connectivity index (χ3n) is 2.10. The second-order valence-corrected chi connectivity index (χ2v) is 3.48. The molecule has 0 amide bonds. The fourth-order valence-electron chi connectivity index (χ4n) is 1.26. The first-order valence-electron chi connectivity index (χ1n) is 4.45. The minimum atomic E-state index is -1.07. The quantitative estimate of drug-likeness (QED) is 0.532. The van der Waals surface area contributed by atoms with Crippen LogP contribution in [0.3, 0.4) is 0 Å². The highest BCUT2D eigenvalue weighted by Gasteiger charge is 2.20. The second kappa shape index (κ2) is 5.21. The van der Waals surface area contributed by atoms with Gasteiger partial charge in [0, 0.05) is 17.3 Å². The zero-order valence-corrected chi connectivity index (χ0v) is 9.11. The van der Waals surface area contributed by atoms with Crippen LogP contribution in [0.25, 0.3) is 0 Å². The molecule has 0 bridgehead atoms. The third kappa shape index (κ3) is 2.75. The molecule has 4 N–H and O–H groups in total. The van der Waals surface area contributed by atoms with Gasteiger partial charge in [-0.15, -0.1) is 11.6 Å². The fraction of sp³-hybridized carbons (Fsp3) is 0.400. The van der Waals surface area contributed by atoms with Gasteiger partial charge in [-0.05, 0) is 6.07 Å². The molecule has 2 unspecified atom stereocenters. The Balaban J connectivity index is 3.02. The van der Waals surface area contributed by atoms with E-state index >= 15 is 0 Å². The molecular formula is C10H14ClNO3. The predicted octanol–water partition coefficient (Wildman–Crippen LogP) is 0.911. The van der Waals surface area contributed by atoms with E-state index in [1.54, 1.807) is 18.2 Å². The largest absolute Gasteiger partial charge is 0.496 e. The van der Waals surface area contributed by atoms with E-state index in [-0.39, 0.29) is 5.88 Å². The minimum absolute atomic E-state index is 0.0469. The van der Waals surface area contributed by atoms with Crippen molar-refractivity contribution < 1.29 is 14.9 Å². The van der Waals surface area contributed by atoms with Crippen molar-refractivity contribution in [1.29, 1.82) is 0 Å². The van der Waals surface area contributed by atoms with Crippen LogP contribution in [0.15, 0.2) is 18.2 Å². The van der Waals surface area contributed by atoms with Gasteiger partial charge in [0.15, 0.2) is 0 Å². The molecule has 0 aromatic heterocycles. The number of aliphatic hydroxyl groups excluding tert-OH is 2. The van der Waals surface area contributed by atoms with E-state index < -0.39 is 12.2 Å². The Hall–Kier alpha value is -0.970. The summed E-state index contributed by atoms with van der Waals surface area (Å²) >= 11 is 5.45. The number of hydrogen-bond acceptors (Lipinski definition) is 4. The molecule has 0 fully saturated rings. The van der Waals surface area contributed by atoms with Gasteiger partial charge in [0.2, 0.25) is 0 Å². The molecular weight excluding hydrogens is 218 g/mol. The van der Waals surface area contributed by atoms with Crippen LogP contribution in [0.1, 0.15) is 11.7 Å². The van der Waals surface area contributed by atoms with Crippen molar-refractivity contribution in [2.75, 3.05) is 18.7 Å². The summed E-state index contributed by atoms with van der Waals surface area (Å²) in [6, 6.07) is 4.82. The van der Waals surface area contributed by atoms with Crippen molar-refractivity contribution in [2.24, 2.45) is 0 Å². The highest BCUT2D eigenvalue weighted by Crippen LogP contribution is 2.29. The van der Waals surface area contributed by atoms with Crippen LogP contribution in [0.4, 0.5) is 5.69 Å². The Morgan fingerprint density at radius 2 is 2.13 bits per heavy atom. The van der Waals surface area contributed by atoms with Gasteiger partial charge in [0.25, 0.3) is 0 Å². The Kier molecular flexibility index (Phi) is 4.20. The topological polar surface area (TPSA) is 75.7 Å². The maximum Gasteiger partial charge on any atom is 0.126 e. The van der Waals surface area contributed by atoms with Gasteiger partial charge in [-0.25, -0.2) is 0 Å². The van der Waals surface area contributed by atoms with Crippen LogP contribution in [-0.4, -0.2) is 29.3 Å². The molecule has 0 saturated carbocycles. The van der Waals surface area contributed by atoms with Gasteiger partial charge in [-0.3, -0.25) is 0 Å². The molecule has 15 heavy (non-hydrogen) atoms. The van der Waals surface area contributed by atoms with Gasteiger partial charge in [-0.2, -0.15) is 0 Å². The lowest BCUT2D eigenvalue weighted by Gasteiger charge is -2.18.